The van der Waals surface area contributed by atoms with Crippen LogP contribution in [0.25, 0.3) is 0 Å². The van der Waals surface area contributed by atoms with Crippen LogP contribution in [0, 0.1) is 12.8 Å². The summed E-state index contributed by atoms with van der Waals surface area (Å²) in [6, 6.07) is 4.18. The molecule has 0 spiro atoms. The minimum atomic E-state index is 0.570. The van der Waals surface area contributed by atoms with Gasteiger partial charge in [-0.25, -0.2) is 9.67 Å². The molecule has 2 heterocycles. The number of anilines is 2. The molecule has 0 saturated carbocycles. The highest BCUT2D eigenvalue weighted by molar-refractivity contribution is 5.49. The summed E-state index contributed by atoms with van der Waals surface area (Å²) in [4.78, 5) is 8.55. The van der Waals surface area contributed by atoms with E-state index < -0.39 is 0 Å². The summed E-state index contributed by atoms with van der Waals surface area (Å²) in [5.74, 6) is 2.75. The molecule has 0 aliphatic rings. The first-order valence-electron chi connectivity index (χ1n) is 8.86. The Kier molecular flexibility index (Phi) is 6.42. The summed E-state index contributed by atoms with van der Waals surface area (Å²) in [7, 11) is 8.19. The van der Waals surface area contributed by atoms with Crippen LogP contribution in [0.3, 0.4) is 0 Å². The second-order valence-electron chi connectivity index (χ2n) is 7.38. The Hall–Kier alpha value is -2.08. The highest BCUT2D eigenvalue weighted by atomic mass is 15.4. The zero-order chi connectivity index (χ0) is 18.6. The van der Waals surface area contributed by atoms with E-state index in [0.29, 0.717) is 5.92 Å². The van der Waals surface area contributed by atoms with Crippen LogP contribution in [0.4, 0.5) is 11.6 Å². The molecular weight excluding hydrogens is 312 g/mol. The number of aromatic nitrogens is 3. The van der Waals surface area contributed by atoms with E-state index >= 15 is 0 Å². The van der Waals surface area contributed by atoms with Gasteiger partial charge in [0.15, 0.2) is 0 Å². The van der Waals surface area contributed by atoms with E-state index in [4.69, 9.17) is 5.10 Å². The number of rotatable bonds is 8. The Balaban J connectivity index is 2.10. The molecule has 6 nitrogen and oxygen atoms in total. The topological polar surface area (TPSA) is 49.2 Å². The molecule has 0 bridgehead atoms. The summed E-state index contributed by atoms with van der Waals surface area (Å²) in [6.07, 6.45) is 1.86. The summed E-state index contributed by atoms with van der Waals surface area (Å²) in [6.45, 7) is 9.09. The van der Waals surface area contributed by atoms with Gasteiger partial charge in [-0.3, -0.25) is 0 Å². The van der Waals surface area contributed by atoms with E-state index in [-0.39, 0.29) is 0 Å². The molecule has 0 unspecified atom stereocenters. The number of aryl methyl sites for hydroxylation is 1. The van der Waals surface area contributed by atoms with Gasteiger partial charge in [0.1, 0.15) is 11.6 Å². The van der Waals surface area contributed by atoms with Crippen LogP contribution >= 0.6 is 0 Å². The van der Waals surface area contributed by atoms with E-state index in [2.05, 4.69) is 66.9 Å². The van der Waals surface area contributed by atoms with Crippen LogP contribution < -0.4 is 15.1 Å². The Morgan fingerprint density at radius 3 is 2.44 bits per heavy atom. The van der Waals surface area contributed by atoms with Crippen molar-refractivity contribution in [2.24, 2.45) is 5.92 Å². The van der Waals surface area contributed by atoms with Gasteiger partial charge in [0.05, 0.1) is 5.69 Å². The molecule has 0 aromatic carbocycles. The minimum Gasteiger partial charge on any atom is -0.363 e. The van der Waals surface area contributed by atoms with E-state index in [1.165, 1.54) is 16.9 Å². The Morgan fingerprint density at radius 2 is 1.84 bits per heavy atom. The third-order valence-electron chi connectivity index (χ3n) is 4.08. The average molecular weight is 345 g/mol. The molecule has 1 N–H and O–H groups in total. The molecule has 2 aromatic heterocycles. The van der Waals surface area contributed by atoms with Crippen LogP contribution in [0.2, 0.25) is 0 Å². The maximum Gasteiger partial charge on any atom is 0.131 e. The molecule has 0 fully saturated rings. The van der Waals surface area contributed by atoms with Crippen LogP contribution in [0.1, 0.15) is 30.7 Å². The highest BCUT2D eigenvalue weighted by Crippen LogP contribution is 2.23. The third-order valence-corrected chi connectivity index (χ3v) is 4.08. The first kappa shape index (κ1) is 19.2. The molecule has 2 aromatic rings. The lowest BCUT2D eigenvalue weighted by Gasteiger charge is -2.19. The zero-order valence-electron chi connectivity index (χ0n) is 16.7. The molecule has 25 heavy (non-hydrogen) atoms. The van der Waals surface area contributed by atoms with Gasteiger partial charge in [-0.2, -0.15) is 5.10 Å². The molecule has 0 saturated heterocycles. The number of hydrogen-bond donors (Lipinski definition) is 1. The van der Waals surface area contributed by atoms with Crippen molar-refractivity contribution in [3.63, 3.8) is 0 Å². The van der Waals surface area contributed by atoms with Gasteiger partial charge in [0.2, 0.25) is 0 Å². The van der Waals surface area contributed by atoms with Crippen molar-refractivity contribution < 1.29 is 0 Å². The SMILES string of the molecule is Cc1nn(CC(C)C)c(N(C)C)c1CNCc1ccnc(N(C)C)c1. The number of pyridine rings is 1. The Bertz CT molecular complexity index is 687. The standard InChI is InChI=1S/C19H32N6/c1-14(2)13-25-19(24(6)7)17(15(3)22-25)12-20-11-16-8-9-21-18(10-16)23(4)5/h8-10,14,20H,11-13H2,1-7H3. The van der Waals surface area contributed by atoms with Crippen molar-refractivity contribution in [3.05, 3.63) is 35.2 Å². The maximum atomic E-state index is 4.75. The summed E-state index contributed by atoms with van der Waals surface area (Å²) in [5, 5.41) is 8.31. The molecule has 0 aliphatic carbocycles. The molecular formula is C19H32N6. The van der Waals surface area contributed by atoms with Gasteiger partial charge in [-0.1, -0.05) is 13.8 Å². The zero-order valence-corrected chi connectivity index (χ0v) is 16.7. The first-order chi connectivity index (χ1) is 11.8. The van der Waals surface area contributed by atoms with Crippen molar-refractivity contribution >= 4 is 11.6 Å². The molecule has 138 valence electrons. The van der Waals surface area contributed by atoms with E-state index in [9.17, 15) is 0 Å². The molecule has 0 radical (unpaired) electrons. The van der Waals surface area contributed by atoms with E-state index in [0.717, 1.165) is 31.1 Å². The van der Waals surface area contributed by atoms with Gasteiger partial charge < -0.3 is 15.1 Å². The largest absolute Gasteiger partial charge is 0.363 e. The number of nitrogens with zero attached hydrogens (tertiary/aromatic N) is 5. The van der Waals surface area contributed by atoms with E-state index in [1.54, 1.807) is 0 Å². The molecule has 0 aliphatic heterocycles. The van der Waals surface area contributed by atoms with Crippen LogP contribution in [0.15, 0.2) is 18.3 Å². The third kappa shape index (κ3) is 4.95. The quantitative estimate of drug-likeness (QED) is 0.798. The van der Waals surface area contributed by atoms with Gasteiger partial charge >= 0.3 is 0 Å². The fourth-order valence-corrected chi connectivity index (χ4v) is 2.93. The molecule has 0 atom stereocenters. The molecule has 6 heteroatoms. The fraction of sp³-hybridized carbons (Fsp3) is 0.579. The molecule has 2 rings (SSSR count). The van der Waals surface area contributed by atoms with Gasteiger partial charge in [0, 0.05) is 59.6 Å². The van der Waals surface area contributed by atoms with Crippen molar-refractivity contribution in [3.8, 4) is 0 Å². The van der Waals surface area contributed by atoms with Gasteiger partial charge in [0.25, 0.3) is 0 Å². The number of nitrogens with one attached hydrogen (secondary N) is 1. The summed E-state index contributed by atoms with van der Waals surface area (Å²) < 4.78 is 2.13. The molecule has 0 amide bonds. The highest BCUT2D eigenvalue weighted by Gasteiger charge is 2.17. The summed E-state index contributed by atoms with van der Waals surface area (Å²) >= 11 is 0. The Labute approximate surface area is 151 Å². The van der Waals surface area contributed by atoms with E-state index in [1.807, 2.05) is 25.2 Å². The van der Waals surface area contributed by atoms with Crippen molar-refractivity contribution in [2.45, 2.75) is 40.4 Å². The number of hydrogen-bond acceptors (Lipinski definition) is 5. The normalized spacial score (nSPS) is 11.2. The second-order valence-corrected chi connectivity index (χ2v) is 7.38. The summed E-state index contributed by atoms with van der Waals surface area (Å²) in [5.41, 5.74) is 3.60. The fourth-order valence-electron chi connectivity index (χ4n) is 2.93. The van der Waals surface area contributed by atoms with Crippen LogP contribution in [-0.4, -0.2) is 43.0 Å². The van der Waals surface area contributed by atoms with Crippen LogP contribution in [0.5, 0.6) is 0 Å². The lowest BCUT2D eigenvalue weighted by Crippen LogP contribution is -2.20. The first-order valence-corrected chi connectivity index (χ1v) is 8.86. The van der Waals surface area contributed by atoms with Crippen molar-refractivity contribution in [1.82, 2.24) is 20.1 Å². The predicted molar refractivity (Wildman–Crippen MR) is 105 cm³/mol. The maximum absolute atomic E-state index is 4.75. The lowest BCUT2D eigenvalue weighted by atomic mass is 10.2. The smallest absolute Gasteiger partial charge is 0.131 e. The van der Waals surface area contributed by atoms with Gasteiger partial charge in [-0.15, -0.1) is 0 Å². The van der Waals surface area contributed by atoms with Gasteiger partial charge in [-0.05, 0) is 30.5 Å². The second kappa shape index (κ2) is 8.34. The minimum absolute atomic E-state index is 0.570. The van der Waals surface area contributed by atoms with Crippen molar-refractivity contribution in [1.29, 1.82) is 0 Å². The van der Waals surface area contributed by atoms with Crippen molar-refractivity contribution in [2.75, 3.05) is 38.0 Å². The monoisotopic (exact) mass is 344 g/mol. The Morgan fingerprint density at radius 1 is 1.12 bits per heavy atom. The lowest BCUT2D eigenvalue weighted by molar-refractivity contribution is 0.481. The predicted octanol–water partition coefficient (Wildman–Crippen LogP) is 2.66. The van der Waals surface area contributed by atoms with Crippen LogP contribution in [-0.2, 0) is 19.6 Å². The average Bonchev–Trinajstić information content (AvgIpc) is 2.82.